The minimum Gasteiger partial charge on any atom is -0.324 e. The molecule has 0 saturated heterocycles. The summed E-state index contributed by atoms with van der Waals surface area (Å²) in [6, 6.07) is 17.1. The first-order valence-electron chi connectivity index (χ1n) is 5.96. The molecule has 0 saturated carbocycles. The molecular formula is C16H17Cl2N. The molecule has 2 aromatic rings. The monoisotopic (exact) mass is 293 g/mol. The Morgan fingerprint density at radius 3 is 1.89 bits per heavy atom. The van der Waals surface area contributed by atoms with E-state index in [1.807, 2.05) is 60.7 Å². The van der Waals surface area contributed by atoms with Crippen molar-refractivity contribution in [1.29, 1.82) is 0 Å². The van der Waals surface area contributed by atoms with Crippen LogP contribution in [0, 0.1) is 0 Å². The Morgan fingerprint density at radius 1 is 0.947 bits per heavy atom. The van der Waals surface area contributed by atoms with Gasteiger partial charge in [0, 0.05) is 16.1 Å². The van der Waals surface area contributed by atoms with Crippen molar-refractivity contribution in [3.8, 4) is 0 Å². The summed E-state index contributed by atoms with van der Waals surface area (Å²) in [5.74, 6) is 0. The number of rotatable bonds is 3. The Kier molecular flexibility index (Phi) is 7.27. The minimum atomic E-state index is 0.0415. The molecule has 1 nitrogen and oxygen atoms in total. The van der Waals surface area contributed by atoms with E-state index in [-0.39, 0.29) is 6.04 Å². The topological polar surface area (TPSA) is 26.0 Å². The van der Waals surface area contributed by atoms with Crippen molar-refractivity contribution < 1.29 is 0 Å². The van der Waals surface area contributed by atoms with Gasteiger partial charge in [0.15, 0.2) is 0 Å². The molecule has 0 aliphatic rings. The number of hydrogen-bond acceptors (Lipinski definition) is 1. The van der Waals surface area contributed by atoms with Gasteiger partial charge >= 0.3 is 0 Å². The quantitative estimate of drug-likeness (QED) is 0.768. The zero-order valence-electron chi connectivity index (χ0n) is 10.6. The lowest BCUT2D eigenvalue weighted by molar-refractivity contribution is 0.742. The summed E-state index contributed by atoms with van der Waals surface area (Å²) in [6.07, 6.45) is 2.61. The predicted molar refractivity (Wildman–Crippen MR) is 84.6 cm³/mol. The second-order valence-electron chi connectivity index (χ2n) is 3.98. The van der Waals surface area contributed by atoms with Crippen LogP contribution in [-0.2, 0) is 0 Å². The highest BCUT2D eigenvalue weighted by Crippen LogP contribution is 2.16. The van der Waals surface area contributed by atoms with Gasteiger partial charge in [-0.05, 0) is 36.2 Å². The van der Waals surface area contributed by atoms with Crippen molar-refractivity contribution in [2.24, 2.45) is 5.73 Å². The Hall–Kier alpha value is -1.28. The van der Waals surface area contributed by atoms with E-state index in [1.54, 1.807) is 0 Å². The summed E-state index contributed by atoms with van der Waals surface area (Å²) in [5.41, 5.74) is 6.94. The van der Waals surface area contributed by atoms with E-state index in [0.29, 0.717) is 0 Å². The lowest BCUT2D eigenvalue weighted by atomic mass is 10.1. The van der Waals surface area contributed by atoms with Gasteiger partial charge < -0.3 is 5.73 Å². The molecule has 0 amide bonds. The summed E-state index contributed by atoms with van der Waals surface area (Å²) in [4.78, 5) is 0. The maximum Gasteiger partial charge on any atom is 0.0406 e. The zero-order valence-corrected chi connectivity index (χ0v) is 12.1. The van der Waals surface area contributed by atoms with Gasteiger partial charge in [0.05, 0.1) is 0 Å². The summed E-state index contributed by atoms with van der Waals surface area (Å²) in [5, 5.41) is 1.53. The Balaban J connectivity index is 0.000000218. The zero-order chi connectivity index (χ0) is 14.1. The van der Waals surface area contributed by atoms with Gasteiger partial charge in [-0.25, -0.2) is 0 Å². The van der Waals surface area contributed by atoms with E-state index in [4.69, 9.17) is 28.9 Å². The first kappa shape index (κ1) is 15.8. The second-order valence-corrected chi connectivity index (χ2v) is 4.85. The third-order valence-electron chi connectivity index (χ3n) is 2.45. The number of halogens is 2. The average molecular weight is 294 g/mol. The van der Waals surface area contributed by atoms with E-state index < -0.39 is 0 Å². The molecule has 100 valence electrons. The van der Waals surface area contributed by atoms with Gasteiger partial charge in [-0.1, -0.05) is 59.6 Å². The molecule has 0 aliphatic heterocycles. The van der Waals surface area contributed by atoms with Crippen molar-refractivity contribution in [3.63, 3.8) is 0 Å². The molecule has 0 spiro atoms. The van der Waals surface area contributed by atoms with E-state index in [0.717, 1.165) is 22.0 Å². The van der Waals surface area contributed by atoms with Crippen molar-refractivity contribution in [3.05, 3.63) is 82.9 Å². The molecule has 2 N–H and O–H groups in total. The molecule has 19 heavy (non-hydrogen) atoms. The Labute approximate surface area is 124 Å². The second kappa shape index (κ2) is 8.76. The fourth-order valence-electron chi connectivity index (χ4n) is 1.44. The minimum absolute atomic E-state index is 0.0415. The third kappa shape index (κ3) is 6.44. The van der Waals surface area contributed by atoms with Gasteiger partial charge in [-0.2, -0.15) is 0 Å². The van der Waals surface area contributed by atoms with Gasteiger partial charge in [0.25, 0.3) is 0 Å². The van der Waals surface area contributed by atoms with Crippen LogP contribution in [0.5, 0.6) is 0 Å². The van der Waals surface area contributed by atoms with Crippen molar-refractivity contribution in [1.82, 2.24) is 0 Å². The summed E-state index contributed by atoms with van der Waals surface area (Å²) in [7, 11) is 0. The van der Waals surface area contributed by atoms with Crippen LogP contribution in [0.3, 0.4) is 0 Å². The van der Waals surface area contributed by atoms with E-state index in [2.05, 4.69) is 6.58 Å². The normalized spacial score (nSPS) is 11.1. The van der Waals surface area contributed by atoms with E-state index in [9.17, 15) is 0 Å². The highest BCUT2D eigenvalue weighted by molar-refractivity contribution is 6.30. The highest BCUT2D eigenvalue weighted by Gasteiger charge is 2.01. The molecule has 0 unspecified atom stereocenters. The molecule has 0 aliphatic carbocycles. The number of benzene rings is 2. The molecule has 0 bridgehead atoms. The smallest absolute Gasteiger partial charge is 0.0406 e. The molecule has 2 aromatic carbocycles. The maximum absolute atomic E-state index is 5.84. The van der Waals surface area contributed by atoms with Gasteiger partial charge in [0.2, 0.25) is 0 Å². The van der Waals surface area contributed by atoms with Crippen LogP contribution in [0.25, 0.3) is 0 Å². The Morgan fingerprint density at radius 2 is 1.47 bits per heavy atom. The van der Waals surface area contributed by atoms with Gasteiger partial charge in [-0.15, -0.1) is 6.58 Å². The van der Waals surface area contributed by atoms with Gasteiger partial charge in [0.1, 0.15) is 0 Å². The van der Waals surface area contributed by atoms with Crippen LogP contribution in [0.15, 0.2) is 67.3 Å². The van der Waals surface area contributed by atoms with E-state index in [1.165, 1.54) is 0 Å². The first-order chi connectivity index (χ1) is 9.13. The fourth-order valence-corrected chi connectivity index (χ4v) is 1.71. The predicted octanol–water partition coefficient (Wildman–Crippen LogP) is 5.26. The summed E-state index contributed by atoms with van der Waals surface area (Å²) in [6.45, 7) is 3.64. The largest absolute Gasteiger partial charge is 0.324 e. The molecule has 1 atom stereocenters. The summed E-state index contributed by atoms with van der Waals surface area (Å²) >= 11 is 11.3. The SMILES string of the molecule is C=CC[C@H](N)c1ccc(Cl)cc1.Clc1ccccc1. The van der Waals surface area contributed by atoms with Crippen molar-refractivity contribution in [2.45, 2.75) is 12.5 Å². The van der Waals surface area contributed by atoms with E-state index >= 15 is 0 Å². The first-order valence-corrected chi connectivity index (χ1v) is 6.71. The van der Waals surface area contributed by atoms with Crippen molar-refractivity contribution in [2.75, 3.05) is 0 Å². The molecular weight excluding hydrogens is 277 g/mol. The molecule has 3 heteroatoms. The molecule has 0 aromatic heterocycles. The molecule has 0 radical (unpaired) electrons. The molecule has 0 heterocycles. The average Bonchev–Trinajstić information content (AvgIpc) is 2.41. The van der Waals surface area contributed by atoms with Crippen LogP contribution in [-0.4, -0.2) is 0 Å². The maximum atomic E-state index is 5.84. The van der Waals surface area contributed by atoms with Crippen LogP contribution >= 0.6 is 23.2 Å². The molecule has 2 rings (SSSR count). The van der Waals surface area contributed by atoms with Crippen LogP contribution in [0.1, 0.15) is 18.0 Å². The number of nitrogens with two attached hydrogens (primary N) is 1. The molecule has 0 fully saturated rings. The summed E-state index contributed by atoms with van der Waals surface area (Å²) < 4.78 is 0. The lowest BCUT2D eigenvalue weighted by Crippen LogP contribution is -2.08. The third-order valence-corrected chi connectivity index (χ3v) is 2.96. The lowest BCUT2D eigenvalue weighted by Gasteiger charge is -2.08. The van der Waals surface area contributed by atoms with Crippen LogP contribution in [0.4, 0.5) is 0 Å². The fraction of sp³-hybridized carbons (Fsp3) is 0.125. The standard InChI is InChI=1S/C10H12ClN.C6H5Cl/c1-2-3-10(12)8-4-6-9(11)7-5-8;7-6-4-2-1-3-5-6/h2,4-7,10H,1,3,12H2;1-5H/t10-;/m0./s1. The van der Waals surface area contributed by atoms with Crippen LogP contribution in [0.2, 0.25) is 10.0 Å². The Bertz CT molecular complexity index is 480. The van der Waals surface area contributed by atoms with Crippen LogP contribution < -0.4 is 5.73 Å². The van der Waals surface area contributed by atoms with Crippen molar-refractivity contribution >= 4 is 23.2 Å². The van der Waals surface area contributed by atoms with Gasteiger partial charge in [-0.3, -0.25) is 0 Å². The highest BCUT2D eigenvalue weighted by atomic mass is 35.5. The number of hydrogen-bond donors (Lipinski definition) is 1.